The maximum atomic E-state index is 12.1. The van der Waals surface area contributed by atoms with Crippen LogP contribution in [0.3, 0.4) is 0 Å². The first-order chi connectivity index (χ1) is 10.9. The van der Waals surface area contributed by atoms with Gasteiger partial charge in [-0.2, -0.15) is 0 Å². The van der Waals surface area contributed by atoms with Crippen molar-refractivity contribution in [2.75, 3.05) is 19.7 Å². The van der Waals surface area contributed by atoms with Crippen LogP contribution in [0.25, 0.3) is 0 Å². The van der Waals surface area contributed by atoms with Gasteiger partial charge >= 0.3 is 0 Å². The number of amides is 1. The molecule has 0 radical (unpaired) electrons. The highest BCUT2D eigenvalue weighted by Gasteiger charge is 2.31. The van der Waals surface area contributed by atoms with Crippen molar-refractivity contribution in [2.24, 2.45) is 0 Å². The number of unbranched alkanes of at least 4 members (excludes halogenated alkanes) is 4. The number of likely N-dealkylation sites (N-methyl/N-ethyl adjacent to an activating group) is 1. The maximum Gasteiger partial charge on any atom is 0.222 e. The van der Waals surface area contributed by atoms with E-state index in [9.17, 15) is 25.2 Å². The van der Waals surface area contributed by atoms with E-state index in [4.69, 9.17) is 5.11 Å². The SMILES string of the molecule is CCCCCCCC(=O)N(CC)C[C@H](O)[C@@H](O)[C@H](O)[C@H](O)CO. The van der Waals surface area contributed by atoms with E-state index >= 15 is 0 Å². The van der Waals surface area contributed by atoms with Crippen LogP contribution in [-0.4, -0.2) is 80.5 Å². The first kappa shape index (κ1) is 22.3. The first-order valence-electron chi connectivity index (χ1n) is 8.49. The molecule has 0 aromatic carbocycles. The number of rotatable bonds is 13. The molecule has 0 aromatic heterocycles. The molecular weight excluding hydrogens is 302 g/mol. The number of aliphatic hydroxyl groups excluding tert-OH is 5. The van der Waals surface area contributed by atoms with E-state index in [2.05, 4.69) is 6.92 Å². The molecule has 138 valence electrons. The van der Waals surface area contributed by atoms with Crippen LogP contribution in [0.1, 0.15) is 52.4 Å². The number of carbonyl (C=O) groups excluding carboxylic acids is 1. The molecule has 4 atom stereocenters. The van der Waals surface area contributed by atoms with Crippen LogP contribution in [0.5, 0.6) is 0 Å². The molecule has 0 fully saturated rings. The Labute approximate surface area is 138 Å². The van der Waals surface area contributed by atoms with Gasteiger partial charge in [0.2, 0.25) is 5.91 Å². The van der Waals surface area contributed by atoms with Gasteiger partial charge in [-0.25, -0.2) is 0 Å². The predicted molar refractivity (Wildman–Crippen MR) is 86.7 cm³/mol. The van der Waals surface area contributed by atoms with E-state index < -0.39 is 31.0 Å². The Morgan fingerprint density at radius 1 is 0.913 bits per heavy atom. The summed E-state index contributed by atoms with van der Waals surface area (Å²) in [5.41, 5.74) is 0. The van der Waals surface area contributed by atoms with E-state index in [1.807, 2.05) is 0 Å². The zero-order valence-corrected chi connectivity index (χ0v) is 14.3. The second kappa shape index (κ2) is 12.7. The second-order valence-electron chi connectivity index (χ2n) is 5.90. The molecule has 0 saturated heterocycles. The van der Waals surface area contributed by atoms with Gasteiger partial charge in [0.05, 0.1) is 6.61 Å². The van der Waals surface area contributed by atoms with Crippen LogP contribution in [0.4, 0.5) is 0 Å². The van der Waals surface area contributed by atoms with E-state index in [-0.39, 0.29) is 12.5 Å². The maximum absolute atomic E-state index is 12.1. The summed E-state index contributed by atoms with van der Waals surface area (Å²) in [4.78, 5) is 13.5. The van der Waals surface area contributed by atoms with Crippen molar-refractivity contribution in [1.29, 1.82) is 0 Å². The van der Waals surface area contributed by atoms with Crippen LogP contribution in [0.2, 0.25) is 0 Å². The van der Waals surface area contributed by atoms with Crippen molar-refractivity contribution in [3.8, 4) is 0 Å². The van der Waals surface area contributed by atoms with Crippen LogP contribution >= 0.6 is 0 Å². The van der Waals surface area contributed by atoms with Gasteiger partial charge in [-0.3, -0.25) is 4.79 Å². The molecule has 23 heavy (non-hydrogen) atoms. The van der Waals surface area contributed by atoms with Crippen molar-refractivity contribution in [3.05, 3.63) is 0 Å². The molecule has 0 aliphatic heterocycles. The fourth-order valence-corrected chi connectivity index (χ4v) is 2.34. The van der Waals surface area contributed by atoms with Gasteiger partial charge in [0.15, 0.2) is 0 Å². The minimum Gasteiger partial charge on any atom is -0.394 e. The van der Waals surface area contributed by atoms with Gasteiger partial charge in [-0.15, -0.1) is 0 Å². The van der Waals surface area contributed by atoms with E-state index in [1.165, 1.54) is 4.90 Å². The summed E-state index contributed by atoms with van der Waals surface area (Å²) in [6.07, 6.45) is -0.669. The molecule has 1 amide bonds. The van der Waals surface area contributed by atoms with Crippen LogP contribution < -0.4 is 0 Å². The van der Waals surface area contributed by atoms with Crippen LogP contribution in [-0.2, 0) is 4.79 Å². The number of carbonyl (C=O) groups is 1. The van der Waals surface area contributed by atoms with Gasteiger partial charge < -0.3 is 30.4 Å². The standard InChI is InChI=1S/C16H33NO6/c1-3-5-6-7-8-9-14(21)17(4-2)10-12(19)15(22)16(23)13(20)11-18/h12-13,15-16,18-20,22-23H,3-11H2,1-2H3/t12-,13+,15+,16+/m0/s1. The lowest BCUT2D eigenvalue weighted by molar-refractivity contribution is -0.139. The molecule has 0 saturated carbocycles. The Kier molecular flexibility index (Phi) is 12.3. The molecule has 0 aromatic rings. The fraction of sp³-hybridized carbons (Fsp3) is 0.938. The third-order valence-corrected chi connectivity index (χ3v) is 3.96. The summed E-state index contributed by atoms with van der Waals surface area (Å²) < 4.78 is 0. The smallest absolute Gasteiger partial charge is 0.222 e. The zero-order chi connectivity index (χ0) is 17.8. The zero-order valence-electron chi connectivity index (χ0n) is 14.3. The molecule has 0 unspecified atom stereocenters. The van der Waals surface area contributed by atoms with Gasteiger partial charge in [0.1, 0.15) is 24.4 Å². The Morgan fingerprint density at radius 2 is 1.48 bits per heavy atom. The van der Waals surface area contributed by atoms with Gasteiger partial charge in [-0.05, 0) is 13.3 Å². The Balaban J connectivity index is 4.31. The summed E-state index contributed by atoms with van der Waals surface area (Å²) in [7, 11) is 0. The Bertz CT molecular complexity index is 315. The summed E-state index contributed by atoms with van der Waals surface area (Å²) in [5, 5.41) is 47.3. The van der Waals surface area contributed by atoms with Gasteiger partial charge in [0, 0.05) is 19.5 Å². The third kappa shape index (κ3) is 8.62. The molecule has 0 heterocycles. The van der Waals surface area contributed by atoms with E-state index in [0.717, 1.165) is 32.1 Å². The topological polar surface area (TPSA) is 121 Å². The summed E-state index contributed by atoms with van der Waals surface area (Å²) in [5.74, 6) is -0.104. The quantitative estimate of drug-likeness (QED) is 0.293. The summed E-state index contributed by atoms with van der Waals surface area (Å²) >= 11 is 0. The first-order valence-corrected chi connectivity index (χ1v) is 8.49. The minimum absolute atomic E-state index is 0.104. The normalized spacial score (nSPS) is 16.7. The molecule has 0 aliphatic carbocycles. The largest absolute Gasteiger partial charge is 0.394 e. The highest BCUT2D eigenvalue weighted by molar-refractivity contribution is 5.76. The number of hydrogen-bond donors (Lipinski definition) is 5. The Hall–Kier alpha value is -0.730. The molecule has 0 aliphatic rings. The number of hydrogen-bond acceptors (Lipinski definition) is 6. The second-order valence-corrected chi connectivity index (χ2v) is 5.90. The van der Waals surface area contributed by atoms with Gasteiger partial charge in [-0.1, -0.05) is 32.6 Å². The fourth-order valence-electron chi connectivity index (χ4n) is 2.34. The lowest BCUT2D eigenvalue weighted by atomic mass is 10.0. The lowest BCUT2D eigenvalue weighted by Crippen LogP contribution is -2.50. The van der Waals surface area contributed by atoms with Crippen molar-refractivity contribution >= 4 is 5.91 Å². The molecule has 0 bridgehead atoms. The summed E-state index contributed by atoms with van der Waals surface area (Å²) in [6.45, 7) is 3.43. The highest BCUT2D eigenvalue weighted by atomic mass is 16.4. The van der Waals surface area contributed by atoms with Crippen molar-refractivity contribution < 1.29 is 30.3 Å². The summed E-state index contributed by atoms with van der Waals surface area (Å²) in [6, 6.07) is 0. The van der Waals surface area contributed by atoms with Crippen LogP contribution in [0.15, 0.2) is 0 Å². The molecule has 0 spiro atoms. The number of nitrogens with zero attached hydrogens (tertiary/aromatic N) is 1. The average molecular weight is 335 g/mol. The lowest BCUT2D eigenvalue weighted by Gasteiger charge is -2.30. The molecular formula is C16H33NO6. The monoisotopic (exact) mass is 335 g/mol. The Morgan fingerprint density at radius 3 is 2.00 bits per heavy atom. The highest BCUT2D eigenvalue weighted by Crippen LogP contribution is 2.10. The van der Waals surface area contributed by atoms with Crippen molar-refractivity contribution in [1.82, 2.24) is 4.90 Å². The molecule has 7 nitrogen and oxygen atoms in total. The van der Waals surface area contributed by atoms with Crippen LogP contribution in [0, 0.1) is 0 Å². The minimum atomic E-state index is -1.67. The van der Waals surface area contributed by atoms with Crippen molar-refractivity contribution in [2.45, 2.75) is 76.8 Å². The van der Waals surface area contributed by atoms with E-state index in [1.54, 1.807) is 6.92 Å². The van der Waals surface area contributed by atoms with E-state index in [0.29, 0.717) is 13.0 Å². The molecule has 5 N–H and O–H groups in total. The third-order valence-electron chi connectivity index (χ3n) is 3.96. The predicted octanol–water partition coefficient (Wildman–Crippen LogP) is -0.369. The van der Waals surface area contributed by atoms with Crippen molar-refractivity contribution in [3.63, 3.8) is 0 Å². The number of aliphatic hydroxyl groups is 5. The average Bonchev–Trinajstić information content (AvgIpc) is 2.56. The van der Waals surface area contributed by atoms with Gasteiger partial charge in [0.25, 0.3) is 0 Å². The molecule has 0 rings (SSSR count). The molecule has 7 heteroatoms.